The van der Waals surface area contributed by atoms with E-state index in [-0.39, 0.29) is 12.3 Å². The van der Waals surface area contributed by atoms with Crippen molar-refractivity contribution < 1.29 is 14.3 Å². The Hall–Kier alpha value is -2.34. The molecule has 108 valence electrons. The molecule has 0 saturated heterocycles. The zero-order chi connectivity index (χ0) is 14.5. The van der Waals surface area contributed by atoms with Crippen molar-refractivity contribution in [1.82, 2.24) is 5.43 Å². The monoisotopic (exact) mass is 302 g/mol. The lowest BCUT2D eigenvalue weighted by Crippen LogP contribution is -2.20. The number of fused-ring (bicyclic) bond motifs is 1. The maximum Gasteiger partial charge on any atom is 0.244 e. The summed E-state index contributed by atoms with van der Waals surface area (Å²) in [6, 6.07) is 9.38. The molecule has 1 aliphatic rings. The lowest BCUT2D eigenvalue weighted by molar-refractivity contribution is -0.120. The second-order valence-electron chi connectivity index (χ2n) is 4.46. The van der Waals surface area contributed by atoms with Crippen molar-refractivity contribution in [3.63, 3.8) is 0 Å². The molecule has 21 heavy (non-hydrogen) atoms. The van der Waals surface area contributed by atoms with Crippen LogP contribution < -0.4 is 14.9 Å². The maximum absolute atomic E-state index is 11.8. The number of ether oxygens (including phenoxy) is 2. The van der Waals surface area contributed by atoms with E-state index >= 15 is 0 Å². The van der Waals surface area contributed by atoms with Crippen molar-refractivity contribution in [3.05, 3.63) is 46.2 Å². The van der Waals surface area contributed by atoms with Gasteiger partial charge >= 0.3 is 0 Å². The molecule has 1 N–H and O–H groups in total. The zero-order valence-electron chi connectivity index (χ0n) is 11.2. The van der Waals surface area contributed by atoms with Gasteiger partial charge in [-0.1, -0.05) is 12.1 Å². The lowest BCUT2D eigenvalue weighted by Gasteiger charge is -2.18. The Kier molecular flexibility index (Phi) is 4.16. The Morgan fingerprint density at radius 1 is 1.29 bits per heavy atom. The normalized spacial score (nSPS) is 13.3. The van der Waals surface area contributed by atoms with Crippen LogP contribution in [0.4, 0.5) is 0 Å². The minimum absolute atomic E-state index is 0.167. The SMILES string of the molecule is O=C(Cc1ccc2c(c1)OCCO2)N/N=C\c1cccs1. The topological polar surface area (TPSA) is 59.9 Å². The summed E-state index contributed by atoms with van der Waals surface area (Å²) in [6.45, 7) is 1.10. The molecule has 0 radical (unpaired) electrons. The minimum atomic E-state index is -0.167. The average Bonchev–Trinajstić information content (AvgIpc) is 3.00. The highest BCUT2D eigenvalue weighted by atomic mass is 32.1. The maximum atomic E-state index is 11.8. The summed E-state index contributed by atoms with van der Waals surface area (Å²) in [4.78, 5) is 12.8. The van der Waals surface area contributed by atoms with E-state index in [0.29, 0.717) is 19.0 Å². The first-order valence-electron chi connectivity index (χ1n) is 6.55. The van der Waals surface area contributed by atoms with Gasteiger partial charge in [0.1, 0.15) is 13.2 Å². The van der Waals surface area contributed by atoms with E-state index in [0.717, 1.165) is 16.2 Å². The molecule has 2 heterocycles. The summed E-state index contributed by atoms with van der Waals surface area (Å²) in [7, 11) is 0. The minimum Gasteiger partial charge on any atom is -0.486 e. The third-order valence-corrected chi connectivity index (χ3v) is 3.70. The second kappa shape index (κ2) is 6.41. The van der Waals surface area contributed by atoms with Gasteiger partial charge < -0.3 is 9.47 Å². The van der Waals surface area contributed by atoms with E-state index in [1.807, 2.05) is 35.7 Å². The van der Waals surface area contributed by atoms with Crippen molar-refractivity contribution in [2.45, 2.75) is 6.42 Å². The predicted octanol–water partition coefficient (Wildman–Crippen LogP) is 2.21. The number of thiophene rings is 1. The number of hydrogen-bond acceptors (Lipinski definition) is 5. The van der Waals surface area contributed by atoms with Crippen molar-refractivity contribution in [1.29, 1.82) is 0 Å². The van der Waals surface area contributed by atoms with Crippen molar-refractivity contribution in [3.8, 4) is 11.5 Å². The molecule has 1 aromatic heterocycles. The summed E-state index contributed by atoms with van der Waals surface area (Å²) < 4.78 is 10.9. The van der Waals surface area contributed by atoms with Gasteiger partial charge in [0.05, 0.1) is 12.6 Å². The third kappa shape index (κ3) is 3.61. The van der Waals surface area contributed by atoms with Gasteiger partial charge in [0.2, 0.25) is 5.91 Å². The molecule has 1 aromatic carbocycles. The summed E-state index contributed by atoms with van der Waals surface area (Å²) in [5, 5.41) is 5.88. The van der Waals surface area contributed by atoms with Crippen molar-refractivity contribution >= 4 is 23.5 Å². The average molecular weight is 302 g/mol. The number of carbonyl (C=O) groups excluding carboxylic acids is 1. The Balaban J connectivity index is 1.57. The van der Waals surface area contributed by atoms with E-state index in [4.69, 9.17) is 9.47 Å². The Bertz CT molecular complexity index is 653. The van der Waals surface area contributed by atoms with Gasteiger partial charge in [0.15, 0.2) is 11.5 Å². The summed E-state index contributed by atoms with van der Waals surface area (Å²) in [5.41, 5.74) is 3.38. The van der Waals surface area contributed by atoms with Crippen LogP contribution in [0.1, 0.15) is 10.4 Å². The van der Waals surface area contributed by atoms with Crippen molar-refractivity contribution in [2.75, 3.05) is 13.2 Å². The number of benzene rings is 1. The number of carbonyl (C=O) groups is 1. The second-order valence-corrected chi connectivity index (χ2v) is 5.44. The molecule has 1 amide bonds. The molecule has 0 spiro atoms. The molecule has 5 nitrogen and oxygen atoms in total. The standard InChI is InChI=1S/C15H14N2O3S/c18-15(17-16-10-12-2-1-7-21-12)9-11-3-4-13-14(8-11)20-6-5-19-13/h1-4,7-8,10H,5-6,9H2,(H,17,18)/b16-10-. The van der Waals surface area contributed by atoms with Crippen LogP contribution in [0.5, 0.6) is 11.5 Å². The third-order valence-electron chi connectivity index (χ3n) is 2.90. The number of nitrogens with one attached hydrogen (secondary N) is 1. The molecule has 0 unspecified atom stereocenters. The van der Waals surface area contributed by atoms with Gasteiger partial charge in [-0.15, -0.1) is 11.3 Å². The summed E-state index contributed by atoms with van der Waals surface area (Å²) in [5.74, 6) is 1.24. The molecule has 0 fully saturated rings. The van der Waals surface area contributed by atoms with Gasteiger partial charge in [-0.2, -0.15) is 5.10 Å². The van der Waals surface area contributed by atoms with E-state index in [9.17, 15) is 4.79 Å². The molecule has 0 aliphatic carbocycles. The fraction of sp³-hybridized carbons (Fsp3) is 0.200. The molecule has 0 atom stereocenters. The lowest BCUT2D eigenvalue weighted by atomic mass is 10.1. The number of amides is 1. The molecular formula is C15H14N2O3S. The smallest absolute Gasteiger partial charge is 0.244 e. The van der Waals surface area contributed by atoms with Crippen LogP contribution in [0.15, 0.2) is 40.8 Å². The van der Waals surface area contributed by atoms with Gasteiger partial charge in [-0.05, 0) is 29.1 Å². The Morgan fingerprint density at radius 2 is 2.14 bits per heavy atom. The molecule has 6 heteroatoms. The quantitative estimate of drug-likeness (QED) is 0.696. The van der Waals surface area contributed by atoms with Crippen LogP contribution in [0.2, 0.25) is 0 Å². The van der Waals surface area contributed by atoms with Crippen LogP contribution >= 0.6 is 11.3 Å². The van der Waals surface area contributed by atoms with Crippen molar-refractivity contribution in [2.24, 2.45) is 5.10 Å². The number of nitrogens with zero attached hydrogens (tertiary/aromatic N) is 1. The summed E-state index contributed by atoms with van der Waals surface area (Å²) in [6.07, 6.45) is 1.88. The zero-order valence-corrected chi connectivity index (χ0v) is 12.1. The van der Waals surface area contributed by atoms with Gasteiger partial charge in [-0.25, -0.2) is 5.43 Å². The predicted molar refractivity (Wildman–Crippen MR) is 81.2 cm³/mol. The number of hydrogen-bond donors (Lipinski definition) is 1. The van der Waals surface area contributed by atoms with E-state index in [1.165, 1.54) is 0 Å². The molecular weight excluding hydrogens is 288 g/mol. The first kappa shape index (κ1) is 13.6. The molecule has 1 aliphatic heterocycles. The van der Waals surface area contributed by atoms with E-state index < -0.39 is 0 Å². The van der Waals surface area contributed by atoms with Crippen LogP contribution in [0.3, 0.4) is 0 Å². The van der Waals surface area contributed by atoms with E-state index in [1.54, 1.807) is 17.6 Å². The molecule has 2 aromatic rings. The number of rotatable bonds is 4. The fourth-order valence-electron chi connectivity index (χ4n) is 1.96. The Morgan fingerprint density at radius 3 is 2.95 bits per heavy atom. The van der Waals surface area contributed by atoms with Crippen LogP contribution in [0.25, 0.3) is 0 Å². The summed E-state index contributed by atoms with van der Waals surface area (Å²) >= 11 is 1.56. The first-order valence-corrected chi connectivity index (χ1v) is 7.43. The van der Waals surface area contributed by atoms with Crippen LogP contribution in [-0.4, -0.2) is 25.3 Å². The highest BCUT2D eigenvalue weighted by molar-refractivity contribution is 7.11. The highest BCUT2D eigenvalue weighted by Gasteiger charge is 2.12. The number of hydrazone groups is 1. The molecule has 3 rings (SSSR count). The largest absolute Gasteiger partial charge is 0.486 e. The molecule has 0 saturated carbocycles. The van der Waals surface area contributed by atoms with E-state index in [2.05, 4.69) is 10.5 Å². The van der Waals surface area contributed by atoms with Crippen LogP contribution in [-0.2, 0) is 11.2 Å². The van der Waals surface area contributed by atoms with Gasteiger partial charge in [0.25, 0.3) is 0 Å². The molecule has 0 bridgehead atoms. The highest BCUT2D eigenvalue weighted by Crippen LogP contribution is 2.30. The van der Waals surface area contributed by atoms with Crippen LogP contribution in [0, 0.1) is 0 Å². The van der Waals surface area contributed by atoms with Gasteiger partial charge in [0, 0.05) is 4.88 Å². The first-order chi connectivity index (χ1) is 10.3. The van der Waals surface area contributed by atoms with Gasteiger partial charge in [-0.3, -0.25) is 4.79 Å². The fourth-order valence-corrected chi connectivity index (χ4v) is 2.54. The Labute approximate surface area is 126 Å².